The molecule has 0 unspecified atom stereocenters. The van der Waals surface area contributed by atoms with Crippen molar-refractivity contribution in [2.75, 3.05) is 13.2 Å². The number of carbonyl (C=O) groups is 1. The van der Waals surface area contributed by atoms with Crippen molar-refractivity contribution in [3.8, 4) is 0 Å². The lowest BCUT2D eigenvalue weighted by Crippen LogP contribution is -2.42. The highest BCUT2D eigenvalue weighted by Crippen LogP contribution is 2.20. The Bertz CT molecular complexity index is 236. The third-order valence-electron chi connectivity index (χ3n) is 3.83. The molecule has 0 saturated carbocycles. The van der Waals surface area contributed by atoms with E-state index in [2.05, 4.69) is 11.8 Å². The lowest BCUT2D eigenvalue weighted by Gasteiger charge is -2.33. The summed E-state index contributed by atoms with van der Waals surface area (Å²) in [7, 11) is 0. The van der Waals surface area contributed by atoms with E-state index in [0.29, 0.717) is 24.5 Å². The molecule has 2 heterocycles. The first-order valence-electron chi connectivity index (χ1n) is 6.68. The van der Waals surface area contributed by atoms with Crippen LogP contribution >= 0.6 is 0 Å². The van der Waals surface area contributed by atoms with Gasteiger partial charge in [-0.2, -0.15) is 0 Å². The molecule has 2 fully saturated rings. The zero-order chi connectivity index (χ0) is 11.4. The third-order valence-corrected chi connectivity index (χ3v) is 3.83. The van der Waals surface area contributed by atoms with Gasteiger partial charge in [0.2, 0.25) is 5.91 Å². The summed E-state index contributed by atoms with van der Waals surface area (Å²) in [4.78, 5) is 14.1. The van der Waals surface area contributed by atoms with Crippen molar-refractivity contribution in [2.24, 2.45) is 0 Å². The van der Waals surface area contributed by atoms with E-state index in [1.807, 2.05) is 0 Å². The lowest BCUT2D eigenvalue weighted by molar-refractivity contribution is -0.135. The van der Waals surface area contributed by atoms with Crippen LogP contribution in [-0.2, 0) is 9.53 Å². The maximum atomic E-state index is 12.0. The maximum absolute atomic E-state index is 12.0. The van der Waals surface area contributed by atoms with E-state index in [0.717, 1.165) is 26.0 Å². The predicted octanol–water partition coefficient (Wildman–Crippen LogP) is 2.35. The van der Waals surface area contributed by atoms with E-state index in [4.69, 9.17) is 4.74 Å². The predicted molar refractivity (Wildman–Crippen MR) is 63.2 cm³/mol. The Morgan fingerprint density at radius 1 is 1.31 bits per heavy atom. The van der Waals surface area contributed by atoms with Crippen LogP contribution in [0.15, 0.2) is 0 Å². The maximum Gasteiger partial charge on any atom is 0.222 e. The molecule has 0 aromatic carbocycles. The molecule has 2 rings (SSSR count). The molecule has 0 aromatic heterocycles. The minimum absolute atomic E-state index is 0.336. The van der Waals surface area contributed by atoms with Crippen molar-refractivity contribution < 1.29 is 9.53 Å². The van der Waals surface area contributed by atoms with Gasteiger partial charge in [0.15, 0.2) is 0 Å². The summed E-state index contributed by atoms with van der Waals surface area (Å²) >= 11 is 0. The zero-order valence-corrected chi connectivity index (χ0v) is 10.3. The normalized spacial score (nSPS) is 30.7. The van der Waals surface area contributed by atoms with E-state index in [1.54, 1.807) is 0 Å². The lowest BCUT2D eigenvalue weighted by atomic mass is 10.0. The van der Waals surface area contributed by atoms with Gasteiger partial charge in [-0.25, -0.2) is 0 Å². The van der Waals surface area contributed by atoms with Crippen molar-refractivity contribution >= 4 is 5.91 Å². The fourth-order valence-corrected chi connectivity index (χ4v) is 2.77. The van der Waals surface area contributed by atoms with Gasteiger partial charge >= 0.3 is 0 Å². The van der Waals surface area contributed by atoms with Crippen molar-refractivity contribution in [2.45, 2.75) is 64.0 Å². The van der Waals surface area contributed by atoms with Crippen LogP contribution in [0.1, 0.15) is 51.9 Å². The summed E-state index contributed by atoms with van der Waals surface area (Å²) in [6.07, 6.45) is 7.88. The molecule has 0 aromatic rings. The van der Waals surface area contributed by atoms with Gasteiger partial charge in [-0.05, 0) is 45.4 Å². The van der Waals surface area contributed by atoms with Crippen molar-refractivity contribution in [3.05, 3.63) is 0 Å². The third kappa shape index (κ3) is 2.97. The topological polar surface area (TPSA) is 29.5 Å². The summed E-state index contributed by atoms with van der Waals surface area (Å²) in [6.45, 7) is 4.02. The second kappa shape index (κ2) is 5.67. The largest absolute Gasteiger partial charge is 0.378 e. The van der Waals surface area contributed by atoms with E-state index in [9.17, 15) is 4.79 Å². The Balaban J connectivity index is 1.73. The first-order valence-corrected chi connectivity index (χ1v) is 6.68. The molecule has 0 bridgehead atoms. The van der Waals surface area contributed by atoms with Gasteiger partial charge < -0.3 is 9.64 Å². The Kier molecular flexibility index (Phi) is 4.22. The molecule has 1 amide bonds. The highest BCUT2D eigenvalue weighted by molar-refractivity contribution is 5.76. The van der Waals surface area contributed by atoms with E-state index in [-0.39, 0.29) is 0 Å². The molecule has 0 N–H and O–H groups in total. The van der Waals surface area contributed by atoms with Crippen molar-refractivity contribution in [1.29, 1.82) is 0 Å². The number of rotatable bonds is 3. The van der Waals surface area contributed by atoms with Gasteiger partial charge in [0.05, 0.1) is 6.10 Å². The Hall–Kier alpha value is -0.570. The van der Waals surface area contributed by atoms with Crippen molar-refractivity contribution in [3.63, 3.8) is 0 Å². The molecule has 2 saturated heterocycles. The van der Waals surface area contributed by atoms with Crippen LogP contribution in [0.3, 0.4) is 0 Å². The number of likely N-dealkylation sites (tertiary alicyclic amines) is 1. The second-order valence-electron chi connectivity index (χ2n) is 5.11. The summed E-state index contributed by atoms with van der Waals surface area (Å²) in [5.41, 5.74) is 0. The number of amides is 1. The van der Waals surface area contributed by atoms with Gasteiger partial charge in [0, 0.05) is 25.6 Å². The average Bonchev–Trinajstić information content (AvgIpc) is 2.79. The minimum Gasteiger partial charge on any atom is -0.378 e. The molecule has 0 spiro atoms. The van der Waals surface area contributed by atoms with E-state index in [1.165, 1.54) is 25.7 Å². The number of ether oxygens (including phenoxy) is 1. The standard InChI is InChI=1S/C13H23NO2/c1-11-5-2-3-9-14(11)13(15)8-7-12-6-4-10-16-12/h11-12H,2-10H2,1H3/t11-,12+/m1/s1. The Labute approximate surface area is 98.1 Å². The molecule has 92 valence electrons. The van der Waals surface area contributed by atoms with Gasteiger partial charge in [-0.3, -0.25) is 4.79 Å². The first kappa shape index (κ1) is 11.9. The highest BCUT2D eigenvalue weighted by atomic mass is 16.5. The Morgan fingerprint density at radius 3 is 2.88 bits per heavy atom. The van der Waals surface area contributed by atoms with Crippen LogP contribution in [0.25, 0.3) is 0 Å². The smallest absolute Gasteiger partial charge is 0.222 e. The molecule has 2 atom stereocenters. The first-order chi connectivity index (χ1) is 7.77. The molecule has 2 aliphatic rings. The molecular formula is C13H23NO2. The molecule has 0 radical (unpaired) electrons. The SMILES string of the molecule is C[C@@H]1CCCCN1C(=O)CC[C@@H]1CCCO1. The monoisotopic (exact) mass is 225 g/mol. The van der Waals surface area contributed by atoms with Crippen LogP contribution in [-0.4, -0.2) is 36.1 Å². The number of carbonyl (C=O) groups excluding carboxylic acids is 1. The average molecular weight is 225 g/mol. The van der Waals surface area contributed by atoms with Crippen molar-refractivity contribution in [1.82, 2.24) is 4.90 Å². The fraction of sp³-hybridized carbons (Fsp3) is 0.923. The van der Waals surface area contributed by atoms with Gasteiger partial charge in [-0.1, -0.05) is 0 Å². The summed E-state index contributed by atoms with van der Waals surface area (Å²) in [6, 6.07) is 0.450. The summed E-state index contributed by atoms with van der Waals surface area (Å²) in [5.74, 6) is 0.336. The molecule has 2 aliphatic heterocycles. The van der Waals surface area contributed by atoms with E-state index >= 15 is 0 Å². The number of hydrogen-bond acceptors (Lipinski definition) is 2. The summed E-state index contributed by atoms with van der Waals surface area (Å²) in [5, 5.41) is 0. The molecule has 0 aliphatic carbocycles. The highest BCUT2D eigenvalue weighted by Gasteiger charge is 2.24. The number of hydrogen-bond donors (Lipinski definition) is 0. The van der Waals surface area contributed by atoms with Crippen LogP contribution in [0, 0.1) is 0 Å². The van der Waals surface area contributed by atoms with Crippen LogP contribution in [0.4, 0.5) is 0 Å². The molecule has 16 heavy (non-hydrogen) atoms. The van der Waals surface area contributed by atoms with Gasteiger partial charge in [0.25, 0.3) is 0 Å². The zero-order valence-electron chi connectivity index (χ0n) is 10.3. The Morgan fingerprint density at radius 2 is 2.19 bits per heavy atom. The molecule has 3 heteroatoms. The van der Waals surface area contributed by atoms with Crippen LogP contribution < -0.4 is 0 Å². The van der Waals surface area contributed by atoms with Gasteiger partial charge in [-0.15, -0.1) is 0 Å². The second-order valence-corrected chi connectivity index (χ2v) is 5.11. The summed E-state index contributed by atoms with van der Waals surface area (Å²) < 4.78 is 5.55. The van der Waals surface area contributed by atoms with Crippen LogP contribution in [0.5, 0.6) is 0 Å². The molecular weight excluding hydrogens is 202 g/mol. The quantitative estimate of drug-likeness (QED) is 0.738. The minimum atomic E-state index is 0.336. The van der Waals surface area contributed by atoms with E-state index < -0.39 is 0 Å². The van der Waals surface area contributed by atoms with Gasteiger partial charge in [0.1, 0.15) is 0 Å². The number of nitrogens with zero attached hydrogens (tertiary/aromatic N) is 1. The molecule has 3 nitrogen and oxygen atoms in total. The fourth-order valence-electron chi connectivity index (χ4n) is 2.77. The number of piperidine rings is 1. The van der Waals surface area contributed by atoms with Crippen LogP contribution in [0.2, 0.25) is 0 Å².